The fourth-order valence-electron chi connectivity index (χ4n) is 2.94. The molecule has 0 saturated carbocycles. The summed E-state index contributed by atoms with van der Waals surface area (Å²) in [6.45, 7) is 2.78. The van der Waals surface area contributed by atoms with Crippen molar-refractivity contribution in [1.29, 1.82) is 0 Å². The van der Waals surface area contributed by atoms with Crippen LogP contribution in [0.5, 0.6) is 11.5 Å². The number of halogens is 2. The Hall–Kier alpha value is -1.46. The third-order valence-electron chi connectivity index (χ3n) is 4.39. The van der Waals surface area contributed by atoms with E-state index in [1.807, 2.05) is 24.3 Å². The maximum atomic E-state index is 6.19. The molecular weight excluding hydrogens is 373 g/mol. The summed E-state index contributed by atoms with van der Waals surface area (Å²) in [6, 6.07) is 11.3. The number of rotatable bonds is 8. The molecular formula is C20H23Cl2NO3. The van der Waals surface area contributed by atoms with Gasteiger partial charge in [-0.05, 0) is 42.7 Å². The van der Waals surface area contributed by atoms with Crippen LogP contribution in [0.4, 0.5) is 0 Å². The van der Waals surface area contributed by atoms with Crippen LogP contribution < -0.4 is 14.8 Å². The van der Waals surface area contributed by atoms with Gasteiger partial charge < -0.3 is 19.5 Å². The highest BCUT2D eigenvalue weighted by Crippen LogP contribution is 2.31. The number of hydrogen-bond acceptors (Lipinski definition) is 4. The molecule has 2 aromatic carbocycles. The van der Waals surface area contributed by atoms with Crippen molar-refractivity contribution in [2.45, 2.75) is 32.1 Å². The molecule has 6 heteroatoms. The molecule has 0 radical (unpaired) electrons. The summed E-state index contributed by atoms with van der Waals surface area (Å²) < 4.78 is 17.0. The lowest BCUT2D eigenvalue weighted by Gasteiger charge is -2.15. The Kier molecular flexibility index (Phi) is 7.03. The van der Waals surface area contributed by atoms with Crippen molar-refractivity contribution >= 4 is 23.2 Å². The van der Waals surface area contributed by atoms with Gasteiger partial charge in [0.2, 0.25) is 0 Å². The zero-order chi connectivity index (χ0) is 18.4. The highest BCUT2D eigenvalue weighted by atomic mass is 35.5. The summed E-state index contributed by atoms with van der Waals surface area (Å²) in [4.78, 5) is 0. The Balaban J connectivity index is 1.59. The van der Waals surface area contributed by atoms with Crippen molar-refractivity contribution in [3.8, 4) is 11.5 Å². The summed E-state index contributed by atoms with van der Waals surface area (Å²) in [5.74, 6) is 1.34. The third-order valence-corrected chi connectivity index (χ3v) is 5.10. The Morgan fingerprint density at radius 1 is 1.15 bits per heavy atom. The lowest BCUT2D eigenvalue weighted by Crippen LogP contribution is -2.25. The van der Waals surface area contributed by atoms with E-state index in [9.17, 15) is 0 Å². The third kappa shape index (κ3) is 5.04. The first-order valence-electron chi connectivity index (χ1n) is 8.72. The van der Waals surface area contributed by atoms with Gasteiger partial charge in [-0.2, -0.15) is 0 Å². The Morgan fingerprint density at radius 2 is 1.96 bits per heavy atom. The zero-order valence-corrected chi connectivity index (χ0v) is 16.3. The minimum absolute atomic E-state index is 0.283. The van der Waals surface area contributed by atoms with Gasteiger partial charge in [0, 0.05) is 35.3 Å². The topological polar surface area (TPSA) is 39.7 Å². The van der Waals surface area contributed by atoms with Gasteiger partial charge in [0.1, 0.15) is 6.61 Å². The van der Waals surface area contributed by atoms with Gasteiger partial charge in [-0.1, -0.05) is 35.3 Å². The molecule has 2 aromatic rings. The Labute approximate surface area is 164 Å². The molecule has 0 unspecified atom stereocenters. The molecule has 140 valence electrons. The fraction of sp³-hybridized carbons (Fsp3) is 0.400. The van der Waals surface area contributed by atoms with Crippen molar-refractivity contribution in [2.75, 3.05) is 20.3 Å². The highest BCUT2D eigenvalue weighted by Gasteiger charge is 2.15. The van der Waals surface area contributed by atoms with Crippen LogP contribution in [0.3, 0.4) is 0 Å². The highest BCUT2D eigenvalue weighted by molar-refractivity contribution is 6.35. The maximum Gasteiger partial charge on any atom is 0.161 e. The number of ether oxygens (including phenoxy) is 3. The summed E-state index contributed by atoms with van der Waals surface area (Å²) in [7, 11) is 1.63. The van der Waals surface area contributed by atoms with Gasteiger partial charge in [0.25, 0.3) is 0 Å². The molecule has 0 amide bonds. The van der Waals surface area contributed by atoms with Crippen LogP contribution >= 0.6 is 23.2 Å². The van der Waals surface area contributed by atoms with Gasteiger partial charge >= 0.3 is 0 Å². The monoisotopic (exact) mass is 395 g/mol. The molecule has 1 fully saturated rings. The molecule has 26 heavy (non-hydrogen) atoms. The summed E-state index contributed by atoms with van der Waals surface area (Å²) in [5, 5.41) is 4.61. The van der Waals surface area contributed by atoms with E-state index >= 15 is 0 Å². The van der Waals surface area contributed by atoms with E-state index in [0.717, 1.165) is 43.7 Å². The average Bonchev–Trinajstić information content (AvgIpc) is 3.15. The van der Waals surface area contributed by atoms with Gasteiger partial charge in [-0.25, -0.2) is 0 Å². The minimum atomic E-state index is 0.283. The van der Waals surface area contributed by atoms with E-state index in [2.05, 4.69) is 5.32 Å². The first-order chi connectivity index (χ1) is 12.7. The summed E-state index contributed by atoms with van der Waals surface area (Å²) >= 11 is 12.4. The van der Waals surface area contributed by atoms with E-state index < -0.39 is 0 Å². The van der Waals surface area contributed by atoms with Crippen LogP contribution in [-0.4, -0.2) is 26.4 Å². The largest absolute Gasteiger partial charge is 0.493 e. The normalized spacial score (nSPS) is 16.7. The predicted molar refractivity (Wildman–Crippen MR) is 104 cm³/mol. The number of hydrogen-bond donors (Lipinski definition) is 1. The molecule has 1 heterocycles. The second-order valence-electron chi connectivity index (χ2n) is 6.24. The Morgan fingerprint density at radius 3 is 2.65 bits per heavy atom. The number of nitrogens with one attached hydrogen (secondary N) is 1. The van der Waals surface area contributed by atoms with Crippen LogP contribution in [0.1, 0.15) is 24.0 Å². The van der Waals surface area contributed by atoms with E-state index in [1.54, 1.807) is 19.2 Å². The van der Waals surface area contributed by atoms with Crippen LogP contribution in [-0.2, 0) is 17.9 Å². The van der Waals surface area contributed by atoms with Crippen molar-refractivity contribution in [2.24, 2.45) is 0 Å². The van der Waals surface area contributed by atoms with Crippen LogP contribution in [0.25, 0.3) is 0 Å². The predicted octanol–water partition coefficient (Wildman–Crippen LogP) is 4.85. The zero-order valence-electron chi connectivity index (χ0n) is 14.8. The van der Waals surface area contributed by atoms with E-state index in [0.29, 0.717) is 27.6 Å². The van der Waals surface area contributed by atoms with Gasteiger partial charge in [-0.15, -0.1) is 0 Å². The second-order valence-corrected chi connectivity index (χ2v) is 7.05. The molecule has 0 spiro atoms. The SMILES string of the molecule is COc1cc(CNC[C@H]2CCCO2)ccc1OCc1c(Cl)cccc1Cl. The molecule has 4 nitrogen and oxygen atoms in total. The first kappa shape index (κ1) is 19.3. The molecule has 0 aliphatic carbocycles. The molecule has 3 rings (SSSR count). The van der Waals surface area contributed by atoms with E-state index in [-0.39, 0.29) is 6.61 Å². The quantitative estimate of drug-likeness (QED) is 0.693. The first-order valence-corrected chi connectivity index (χ1v) is 9.48. The van der Waals surface area contributed by atoms with Gasteiger partial charge in [0.15, 0.2) is 11.5 Å². The van der Waals surface area contributed by atoms with Gasteiger partial charge in [-0.3, -0.25) is 0 Å². The van der Waals surface area contributed by atoms with E-state index in [4.69, 9.17) is 37.4 Å². The van der Waals surface area contributed by atoms with Crippen LogP contribution in [0.2, 0.25) is 10.0 Å². The lowest BCUT2D eigenvalue weighted by atomic mass is 10.2. The minimum Gasteiger partial charge on any atom is -0.493 e. The fourth-order valence-corrected chi connectivity index (χ4v) is 3.45. The molecule has 0 aromatic heterocycles. The molecule has 0 bridgehead atoms. The Bertz CT molecular complexity index is 713. The molecule has 1 N–H and O–H groups in total. The lowest BCUT2D eigenvalue weighted by molar-refractivity contribution is 0.110. The van der Waals surface area contributed by atoms with E-state index in [1.165, 1.54) is 0 Å². The van der Waals surface area contributed by atoms with Crippen LogP contribution in [0.15, 0.2) is 36.4 Å². The smallest absolute Gasteiger partial charge is 0.161 e. The average molecular weight is 396 g/mol. The molecule has 1 aliphatic heterocycles. The second kappa shape index (κ2) is 9.47. The number of benzene rings is 2. The number of methoxy groups -OCH3 is 1. The standard InChI is InChI=1S/C20H23Cl2NO3/c1-24-20-10-14(11-23-12-15-4-3-9-25-15)7-8-19(20)26-13-16-17(21)5-2-6-18(16)22/h2,5-8,10,15,23H,3-4,9,11-13H2,1H3/t15-/m1/s1. The maximum absolute atomic E-state index is 6.19. The van der Waals surface area contributed by atoms with Gasteiger partial charge in [0.05, 0.1) is 13.2 Å². The van der Waals surface area contributed by atoms with Crippen molar-refractivity contribution in [3.63, 3.8) is 0 Å². The summed E-state index contributed by atoms with van der Waals surface area (Å²) in [6.07, 6.45) is 2.62. The molecule has 1 atom stereocenters. The summed E-state index contributed by atoms with van der Waals surface area (Å²) in [5.41, 5.74) is 1.89. The van der Waals surface area contributed by atoms with Crippen molar-refractivity contribution in [1.82, 2.24) is 5.32 Å². The molecule has 1 aliphatic rings. The van der Waals surface area contributed by atoms with Crippen LogP contribution in [0, 0.1) is 0 Å². The molecule has 1 saturated heterocycles. The van der Waals surface area contributed by atoms with Crippen molar-refractivity contribution in [3.05, 3.63) is 57.6 Å². The van der Waals surface area contributed by atoms with Crippen molar-refractivity contribution < 1.29 is 14.2 Å².